The minimum Gasteiger partial charge on any atom is -0.346 e. The third-order valence-corrected chi connectivity index (χ3v) is 6.16. The number of anilines is 2. The van der Waals surface area contributed by atoms with Crippen molar-refractivity contribution in [2.75, 3.05) is 11.9 Å². The van der Waals surface area contributed by atoms with Crippen LogP contribution in [0.25, 0.3) is 10.9 Å². The van der Waals surface area contributed by atoms with E-state index >= 15 is 0 Å². The summed E-state index contributed by atoms with van der Waals surface area (Å²) in [6, 6.07) is 20.9. The van der Waals surface area contributed by atoms with Crippen molar-refractivity contribution in [3.63, 3.8) is 0 Å². The average Bonchev–Trinajstić information content (AvgIpc) is 3.30. The summed E-state index contributed by atoms with van der Waals surface area (Å²) in [5.41, 5.74) is 6.06. The number of H-pyrrole nitrogens is 1. The number of fused-ring (bicyclic) bond motifs is 1. The van der Waals surface area contributed by atoms with Gasteiger partial charge in [-0.2, -0.15) is 5.10 Å². The number of hydrogen-bond donors (Lipinski definition) is 2. The molecule has 2 aromatic carbocycles. The van der Waals surface area contributed by atoms with Crippen LogP contribution in [0.1, 0.15) is 27.2 Å². The molecule has 5 rings (SSSR count). The summed E-state index contributed by atoms with van der Waals surface area (Å²) in [5, 5.41) is 11.3. The number of aryl methyl sites for hydroxylation is 1. The molecule has 0 radical (unpaired) electrons. The van der Waals surface area contributed by atoms with Crippen molar-refractivity contribution in [3.05, 3.63) is 118 Å². The number of nitrogens with zero attached hydrogens (tertiary/aromatic N) is 4. The summed E-state index contributed by atoms with van der Waals surface area (Å²) in [6.45, 7) is 2.87. The predicted octanol–water partition coefficient (Wildman–Crippen LogP) is 4.17. The molecule has 8 nitrogen and oxygen atoms in total. The standard InChI is InChI=1S/C28H26N6O2/c1-19-6-11-25-24(13-19)26(32-31-25)17-30-28(36)21-14-23(16-29-15-21)33(2)22-9-7-20(8-10-22)18-34-12-4-3-5-27(34)35/h3-16H,17-18H2,1-2H3,(H,30,36)(H,31,32). The number of benzene rings is 2. The molecular weight excluding hydrogens is 452 g/mol. The zero-order valence-corrected chi connectivity index (χ0v) is 20.1. The fourth-order valence-corrected chi connectivity index (χ4v) is 4.08. The maximum Gasteiger partial charge on any atom is 0.253 e. The number of amides is 1. The van der Waals surface area contributed by atoms with Crippen molar-refractivity contribution >= 4 is 28.2 Å². The van der Waals surface area contributed by atoms with E-state index in [1.165, 1.54) is 0 Å². The Kier molecular flexibility index (Phi) is 6.32. The smallest absolute Gasteiger partial charge is 0.253 e. The number of rotatable bonds is 7. The van der Waals surface area contributed by atoms with E-state index in [9.17, 15) is 9.59 Å². The Morgan fingerprint density at radius 1 is 1.03 bits per heavy atom. The summed E-state index contributed by atoms with van der Waals surface area (Å²) in [5.74, 6) is -0.211. The number of hydrogen-bond acceptors (Lipinski definition) is 5. The fraction of sp³-hybridized carbons (Fsp3) is 0.143. The summed E-state index contributed by atoms with van der Waals surface area (Å²) < 4.78 is 1.66. The monoisotopic (exact) mass is 478 g/mol. The van der Waals surface area contributed by atoms with Gasteiger partial charge in [-0.1, -0.05) is 29.8 Å². The molecular formula is C28H26N6O2. The molecule has 36 heavy (non-hydrogen) atoms. The molecule has 3 heterocycles. The van der Waals surface area contributed by atoms with E-state index in [4.69, 9.17) is 0 Å². The molecule has 1 amide bonds. The number of pyridine rings is 2. The Hall–Kier alpha value is -4.72. The largest absolute Gasteiger partial charge is 0.346 e. The number of carbonyl (C=O) groups excluding carboxylic acids is 1. The second-order valence-electron chi connectivity index (χ2n) is 8.73. The van der Waals surface area contributed by atoms with Crippen LogP contribution in [0.4, 0.5) is 11.4 Å². The predicted molar refractivity (Wildman–Crippen MR) is 141 cm³/mol. The Balaban J connectivity index is 1.27. The first kappa shape index (κ1) is 23.0. The zero-order valence-electron chi connectivity index (χ0n) is 20.1. The first-order valence-electron chi connectivity index (χ1n) is 11.6. The number of aromatic nitrogens is 4. The number of nitrogens with one attached hydrogen (secondary N) is 2. The molecule has 0 spiro atoms. The molecule has 0 fully saturated rings. The van der Waals surface area contributed by atoms with E-state index in [1.807, 2.05) is 67.4 Å². The molecule has 8 heteroatoms. The molecule has 180 valence electrons. The molecule has 0 atom stereocenters. The highest BCUT2D eigenvalue weighted by Crippen LogP contribution is 2.24. The number of carbonyl (C=O) groups is 1. The van der Waals surface area contributed by atoms with Crippen molar-refractivity contribution < 1.29 is 4.79 Å². The van der Waals surface area contributed by atoms with Crippen molar-refractivity contribution in [1.29, 1.82) is 0 Å². The van der Waals surface area contributed by atoms with Gasteiger partial charge in [-0.15, -0.1) is 0 Å². The van der Waals surface area contributed by atoms with Crippen LogP contribution in [-0.4, -0.2) is 32.7 Å². The van der Waals surface area contributed by atoms with E-state index in [0.29, 0.717) is 18.7 Å². The molecule has 5 aromatic rings. The van der Waals surface area contributed by atoms with E-state index < -0.39 is 0 Å². The Morgan fingerprint density at radius 3 is 2.67 bits per heavy atom. The highest BCUT2D eigenvalue weighted by molar-refractivity contribution is 5.95. The summed E-state index contributed by atoms with van der Waals surface area (Å²) in [7, 11) is 1.93. The van der Waals surface area contributed by atoms with Gasteiger partial charge in [0.25, 0.3) is 11.5 Å². The van der Waals surface area contributed by atoms with Crippen LogP contribution >= 0.6 is 0 Å². The first-order chi connectivity index (χ1) is 17.5. The van der Waals surface area contributed by atoms with Crippen LogP contribution in [0.5, 0.6) is 0 Å². The lowest BCUT2D eigenvalue weighted by atomic mass is 10.1. The zero-order chi connectivity index (χ0) is 25.1. The van der Waals surface area contributed by atoms with Gasteiger partial charge < -0.3 is 14.8 Å². The topological polar surface area (TPSA) is 95.9 Å². The second kappa shape index (κ2) is 9.87. The number of aromatic amines is 1. The van der Waals surface area contributed by atoms with Gasteiger partial charge in [0.15, 0.2) is 0 Å². The van der Waals surface area contributed by atoms with Gasteiger partial charge >= 0.3 is 0 Å². The minimum atomic E-state index is -0.211. The average molecular weight is 479 g/mol. The normalized spacial score (nSPS) is 10.9. The SMILES string of the molecule is Cc1ccc2n[nH]c(CNC(=O)c3cncc(N(C)c4ccc(Cn5ccccc5=O)cc4)c3)c2c1. The molecule has 0 aliphatic rings. The minimum absolute atomic E-state index is 0.0318. The van der Waals surface area contributed by atoms with Crippen molar-refractivity contribution in [2.45, 2.75) is 20.0 Å². The van der Waals surface area contributed by atoms with Gasteiger partial charge in [-0.05, 0) is 48.9 Å². The van der Waals surface area contributed by atoms with Crippen molar-refractivity contribution in [2.24, 2.45) is 0 Å². The Morgan fingerprint density at radius 2 is 1.86 bits per heavy atom. The lowest BCUT2D eigenvalue weighted by molar-refractivity contribution is 0.0950. The highest BCUT2D eigenvalue weighted by Gasteiger charge is 2.12. The van der Waals surface area contributed by atoms with Crippen LogP contribution in [-0.2, 0) is 13.1 Å². The van der Waals surface area contributed by atoms with Crippen molar-refractivity contribution in [1.82, 2.24) is 25.1 Å². The van der Waals surface area contributed by atoms with Crippen LogP contribution in [0.3, 0.4) is 0 Å². The maximum absolute atomic E-state index is 12.9. The van der Waals surface area contributed by atoms with Crippen molar-refractivity contribution in [3.8, 4) is 0 Å². The molecule has 0 saturated carbocycles. The maximum atomic E-state index is 12.9. The quantitative estimate of drug-likeness (QED) is 0.366. The molecule has 2 N–H and O–H groups in total. The molecule has 0 aliphatic carbocycles. The van der Waals surface area contributed by atoms with Gasteiger partial charge in [-0.3, -0.25) is 19.7 Å². The van der Waals surface area contributed by atoms with E-state index in [1.54, 1.807) is 35.3 Å². The molecule has 0 unspecified atom stereocenters. The molecule has 0 saturated heterocycles. The first-order valence-corrected chi connectivity index (χ1v) is 11.6. The van der Waals surface area contributed by atoms with Crippen LogP contribution in [0.2, 0.25) is 0 Å². The lowest BCUT2D eigenvalue weighted by Crippen LogP contribution is -2.23. The molecule has 3 aromatic heterocycles. The van der Waals surface area contributed by atoms with Crippen LogP contribution in [0.15, 0.2) is 90.1 Å². The third-order valence-electron chi connectivity index (χ3n) is 6.16. The molecule has 0 bridgehead atoms. The summed E-state index contributed by atoms with van der Waals surface area (Å²) >= 11 is 0. The second-order valence-corrected chi connectivity index (χ2v) is 8.73. The Bertz CT molecular complexity index is 1590. The highest BCUT2D eigenvalue weighted by atomic mass is 16.1. The van der Waals surface area contributed by atoms with Gasteiger partial charge in [0.2, 0.25) is 0 Å². The van der Waals surface area contributed by atoms with Gasteiger partial charge in [0.05, 0.1) is 41.7 Å². The Labute approximate surface area is 208 Å². The fourth-order valence-electron chi connectivity index (χ4n) is 4.08. The van der Waals surface area contributed by atoms with Gasteiger partial charge in [-0.25, -0.2) is 0 Å². The third kappa shape index (κ3) is 4.88. The van der Waals surface area contributed by atoms with E-state index in [0.717, 1.165) is 39.1 Å². The molecule has 0 aliphatic heterocycles. The van der Waals surface area contributed by atoms with E-state index in [-0.39, 0.29) is 11.5 Å². The van der Waals surface area contributed by atoms with E-state index in [2.05, 4.69) is 26.6 Å². The van der Waals surface area contributed by atoms with Gasteiger partial charge in [0.1, 0.15) is 0 Å². The van der Waals surface area contributed by atoms with Crippen LogP contribution < -0.4 is 15.8 Å². The summed E-state index contributed by atoms with van der Waals surface area (Å²) in [4.78, 5) is 31.1. The van der Waals surface area contributed by atoms with Gasteiger partial charge in [0, 0.05) is 36.6 Å². The summed E-state index contributed by atoms with van der Waals surface area (Å²) in [6.07, 6.45) is 5.06. The van der Waals surface area contributed by atoms with Crippen LogP contribution in [0, 0.1) is 6.92 Å². The lowest BCUT2D eigenvalue weighted by Gasteiger charge is -2.20.